The minimum Gasteiger partial charge on any atom is -0.332 e. The van der Waals surface area contributed by atoms with E-state index in [2.05, 4.69) is 143 Å². The first-order valence-corrected chi connectivity index (χ1v) is 14.8. The molecular weight excluding hydrogens is 496 g/mol. The van der Waals surface area contributed by atoms with Crippen molar-refractivity contribution in [1.82, 2.24) is 8.97 Å². The molecule has 0 saturated heterocycles. The van der Waals surface area contributed by atoms with Gasteiger partial charge in [0, 0.05) is 27.1 Å². The lowest BCUT2D eigenvalue weighted by Crippen LogP contribution is -2.10. The third-order valence-electron chi connectivity index (χ3n) is 9.42. The molecule has 0 bridgehead atoms. The molecule has 0 radical (unpaired) electrons. The number of aromatic nitrogens is 2. The second-order valence-electron chi connectivity index (χ2n) is 11.7. The maximum Gasteiger partial charge on any atom is 0.0699 e. The summed E-state index contributed by atoms with van der Waals surface area (Å²) in [7, 11) is 0. The Kier molecular flexibility index (Phi) is 4.81. The van der Waals surface area contributed by atoms with Gasteiger partial charge < -0.3 is 8.97 Å². The van der Waals surface area contributed by atoms with Gasteiger partial charge in [-0.1, -0.05) is 104 Å². The standard InChI is InChI=1S/C39H30N2/c1-25-12-11-18-30-31(25)24-32-29-17-7-8-19-33(29)40(27-14-3-2-4-15-27)34-20-9-10-21-35(34)41-36-23-22-26-13-5-6-16-28(26)37(36)38(30)39(32)41/h2-11,13-14,16-25,27H,12,15H2,1H3. The quantitative estimate of drug-likeness (QED) is 0.201. The molecule has 2 aromatic heterocycles. The highest BCUT2D eigenvalue weighted by atomic mass is 15.0. The van der Waals surface area contributed by atoms with Gasteiger partial charge in [0.15, 0.2) is 0 Å². The van der Waals surface area contributed by atoms with Crippen molar-refractivity contribution in [3.63, 3.8) is 0 Å². The Balaban J connectivity index is 1.68. The monoisotopic (exact) mass is 526 g/mol. The summed E-state index contributed by atoms with van der Waals surface area (Å²) in [4.78, 5) is 0. The molecule has 0 amide bonds. The van der Waals surface area contributed by atoms with E-state index in [4.69, 9.17) is 0 Å². The third kappa shape index (κ3) is 3.13. The van der Waals surface area contributed by atoms with E-state index in [0.29, 0.717) is 5.92 Å². The Labute approximate surface area is 238 Å². The Hall–Kier alpha value is -4.82. The third-order valence-corrected chi connectivity index (χ3v) is 9.42. The van der Waals surface area contributed by atoms with Crippen LogP contribution in [0.5, 0.6) is 0 Å². The minimum atomic E-state index is 0.237. The number of allylic oxidation sites excluding steroid dienone is 5. The fourth-order valence-electron chi connectivity index (χ4n) is 7.60. The van der Waals surface area contributed by atoms with Crippen molar-refractivity contribution in [2.24, 2.45) is 0 Å². The van der Waals surface area contributed by atoms with Crippen LogP contribution in [-0.2, 0) is 0 Å². The summed E-state index contributed by atoms with van der Waals surface area (Å²) in [5.41, 5.74) is 9.16. The fourth-order valence-corrected chi connectivity index (χ4v) is 7.60. The first-order chi connectivity index (χ1) is 20.3. The van der Waals surface area contributed by atoms with Crippen molar-refractivity contribution in [1.29, 1.82) is 0 Å². The van der Waals surface area contributed by atoms with E-state index in [1.54, 1.807) is 0 Å². The summed E-state index contributed by atoms with van der Waals surface area (Å²) in [6.45, 7) is 2.38. The van der Waals surface area contributed by atoms with E-state index >= 15 is 0 Å². The number of benzene rings is 5. The zero-order valence-electron chi connectivity index (χ0n) is 23.1. The maximum atomic E-state index is 2.58. The van der Waals surface area contributed by atoms with Crippen molar-refractivity contribution in [3.8, 4) is 0 Å². The molecule has 7 aromatic rings. The Morgan fingerprint density at radius 3 is 2.27 bits per heavy atom. The van der Waals surface area contributed by atoms with Crippen LogP contribution in [0.25, 0.3) is 66.0 Å². The van der Waals surface area contributed by atoms with Crippen molar-refractivity contribution in [2.45, 2.75) is 31.7 Å². The van der Waals surface area contributed by atoms with Crippen LogP contribution in [0.15, 0.2) is 121 Å². The normalized spacial score (nSPS) is 18.4. The molecule has 41 heavy (non-hydrogen) atoms. The molecule has 2 aliphatic rings. The summed E-state index contributed by atoms with van der Waals surface area (Å²) in [5.74, 6) is 0.469. The highest BCUT2D eigenvalue weighted by Crippen LogP contribution is 2.46. The van der Waals surface area contributed by atoms with Gasteiger partial charge in [0.25, 0.3) is 0 Å². The molecule has 9 rings (SSSR count). The van der Waals surface area contributed by atoms with Crippen molar-refractivity contribution >= 4 is 66.0 Å². The van der Waals surface area contributed by atoms with Gasteiger partial charge in [-0.15, -0.1) is 0 Å². The van der Waals surface area contributed by atoms with Crippen LogP contribution in [0.4, 0.5) is 0 Å². The van der Waals surface area contributed by atoms with Gasteiger partial charge in [-0.2, -0.15) is 0 Å². The van der Waals surface area contributed by atoms with Gasteiger partial charge in [0.05, 0.1) is 28.1 Å². The lowest BCUT2D eigenvalue weighted by Gasteiger charge is -2.24. The zero-order valence-corrected chi connectivity index (χ0v) is 23.1. The molecule has 196 valence electrons. The van der Waals surface area contributed by atoms with Crippen molar-refractivity contribution < 1.29 is 0 Å². The molecule has 2 heterocycles. The van der Waals surface area contributed by atoms with Crippen LogP contribution >= 0.6 is 0 Å². The topological polar surface area (TPSA) is 9.34 Å². The summed E-state index contributed by atoms with van der Waals surface area (Å²) in [6.07, 6.45) is 15.8. The van der Waals surface area contributed by atoms with E-state index in [-0.39, 0.29) is 6.04 Å². The second-order valence-corrected chi connectivity index (χ2v) is 11.7. The van der Waals surface area contributed by atoms with E-state index < -0.39 is 0 Å². The van der Waals surface area contributed by atoms with Crippen LogP contribution in [0, 0.1) is 0 Å². The van der Waals surface area contributed by atoms with E-state index in [9.17, 15) is 0 Å². The highest BCUT2D eigenvalue weighted by Gasteiger charge is 2.25. The van der Waals surface area contributed by atoms with E-state index in [1.165, 1.54) is 71.0 Å². The van der Waals surface area contributed by atoms with Gasteiger partial charge in [-0.05, 0) is 71.0 Å². The first-order valence-electron chi connectivity index (χ1n) is 14.8. The van der Waals surface area contributed by atoms with Gasteiger partial charge in [-0.25, -0.2) is 0 Å². The number of fused-ring (bicyclic) bond motifs is 11. The molecule has 2 heteroatoms. The number of hydrogen-bond donors (Lipinski definition) is 0. The lowest BCUT2D eigenvalue weighted by molar-refractivity contribution is 0.645. The molecule has 0 saturated carbocycles. The van der Waals surface area contributed by atoms with Crippen LogP contribution in [0.1, 0.15) is 42.9 Å². The van der Waals surface area contributed by atoms with Gasteiger partial charge >= 0.3 is 0 Å². The number of para-hydroxylation sites is 3. The lowest BCUT2D eigenvalue weighted by atomic mass is 9.84. The second kappa shape index (κ2) is 8.59. The Bertz CT molecular complexity index is 2340. The molecule has 0 N–H and O–H groups in total. The summed E-state index contributed by atoms with van der Waals surface area (Å²) in [5, 5.41) is 7.97. The van der Waals surface area contributed by atoms with Crippen LogP contribution < -0.4 is 0 Å². The molecule has 0 spiro atoms. The fraction of sp³-hybridized carbons (Fsp3) is 0.128. The molecule has 0 aliphatic heterocycles. The number of rotatable bonds is 1. The van der Waals surface area contributed by atoms with Gasteiger partial charge in [-0.3, -0.25) is 0 Å². The minimum absolute atomic E-state index is 0.237. The first kappa shape index (κ1) is 22.9. The Morgan fingerprint density at radius 1 is 0.634 bits per heavy atom. The SMILES string of the molecule is CC1CC=Cc2c1cc1c3ccccc3n(C3C=CC=CC3)c3ccccc3n3c4ccc5ccccc5c4c2c13. The average molecular weight is 527 g/mol. The molecule has 2 nitrogen and oxygen atoms in total. The maximum absolute atomic E-state index is 2.58. The van der Waals surface area contributed by atoms with E-state index in [1.807, 2.05) is 0 Å². The average Bonchev–Trinajstić information content (AvgIpc) is 3.37. The highest BCUT2D eigenvalue weighted by molar-refractivity contribution is 6.29. The van der Waals surface area contributed by atoms with E-state index in [0.717, 1.165) is 12.8 Å². The molecule has 2 atom stereocenters. The van der Waals surface area contributed by atoms with Crippen molar-refractivity contribution in [3.05, 3.63) is 133 Å². The molecule has 0 fully saturated rings. The smallest absolute Gasteiger partial charge is 0.0699 e. The summed E-state index contributed by atoms with van der Waals surface area (Å²) >= 11 is 0. The van der Waals surface area contributed by atoms with Crippen LogP contribution in [0.2, 0.25) is 0 Å². The molecule has 5 aromatic carbocycles. The summed E-state index contributed by atoms with van der Waals surface area (Å²) in [6, 6.07) is 34.4. The molecule has 2 aliphatic carbocycles. The Morgan fingerprint density at radius 2 is 1.41 bits per heavy atom. The van der Waals surface area contributed by atoms with Gasteiger partial charge in [0.2, 0.25) is 0 Å². The van der Waals surface area contributed by atoms with Crippen molar-refractivity contribution in [2.75, 3.05) is 0 Å². The van der Waals surface area contributed by atoms with Gasteiger partial charge in [0.1, 0.15) is 0 Å². The summed E-state index contributed by atoms with van der Waals surface area (Å²) < 4.78 is 5.15. The number of nitrogens with zero attached hydrogens (tertiary/aromatic N) is 2. The predicted molar refractivity (Wildman–Crippen MR) is 176 cm³/mol. The van der Waals surface area contributed by atoms with Crippen LogP contribution in [0.3, 0.4) is 0 Å². The van der Waals surface area contributed by atoms with Crippen LogP contribution in [-0.4, -0.2) is 8.97 Å². The zero-order chi connectivity index (χ0) is 27.1. The predicted octanol–water partition coefficient (Wildman–Crippen LogP) is 10.6. The largest absolute Gasteiger partial charge is 0.332 e. The molecule has 2 unspecified atom stereocenters. The number of hydrogen-bond acceptors (Lipinski definition) is 0. The molecular formula is C39H30N2.